The van der Waals surface area contributed by atoms with Crippen LogP contribution in [-0.2, 0) is 9.53 Å². The van der Waals surface area contributed by atoms with Crippen LogP contribution in [0.5, 0.6) is 0 Å². The first-order valence-electron chi connectivity index (χ1n) is 5.93. The molecule has 0 saturated carbocycles. The van der Waals surface area contributed by atoms with E-state index in [0.29, 0.717) is 19.7 Å². The van der Waals surface area contributed by atoms with E-state index in [1.807, 2.05) is 6.92 Å². The highest BCUT2D eigenvalue weighted by Gasteiger charge is 2.31. The number of carbonyl (C=O) groups is 2. The van der Waals surface area contributed by atoms with Gasteiger partial charge < -0.3 is 25.2 Å². The molecule has 0 bridgehead atoms. The van der Waals surface area contributed by atoms with Crippen molar-refractivity contribution in [3.05, 3.63) is 0 Å². The van der Waals surface area contributed by atoms with Gasteiger partial charge in [-0.1, -0.05) is 0 Å². The molecule has 1 saturated heterocycles. The third-order valence-electron chi connectivity index (χ3n) is 2.78. The number of aliphatic carboxylic acids is 1. The number of nitrogens with zero attached hydrogens (tertiary/aromatic N) is 1. The number of carbonyl (C=O) groups excluding carboxylic acids is 1. The van der Waals surface area contributed by atoms with E-state index >= 15 is 0 Å². The summed E-state index contributed by atoms with van der Waals surface area (Å²) in [7, 11) is 0. The molecule has 1 heterocycles. The third kappa shape index (κ3) is 4.15. The maximum absolute atomic E-state index is 11.8. The lowest BCUT2D eigenvalue weighted by Crippen LogP contribution is -2.51. The Bertz CT molecular complexity index is 319. The summed E-state index contributed by atoms with van der Waals surface area (Å²) in [6.07, 6.45) is 0.700. The maximum atomic E-state index is 11.8. The zero-order valence-corrected chi connectivity index (χ0v) is 10.7. The molecule has 7 heteroatoms. The number of rotatable bonds is 3. The van der Waals surface area contributed by atoms with Crippen LogP contribution < -0.4 is 5.32 Å². The quantitative estimate of drug-likeness (QED) is 0.643. The van der Waals surface area contributed by atoms with Gasteiger partial charge in [-0.25, -0.2) is 9.59 Å². The molecule has 1 aliphatic rings. The lowest BCUT2D eigenvalue weighted by molar-refractivity contribution is -0.155. The Morgan fingerprint density at radius 2 is 2.22 bits per heavy atom. The lowest BCUT2D eigenvalue weighted by Gasteiger charge is -2.25. The molecule has 1 aliphatic heterocycles. The van der Waals surface area contributed by atoms with Crippen molar-refractivity contribution in [2.24, 2.45) is 0 Å². The number of hydrogen-bond acceptors (Lipinski definition) is 4. The van der Waals surface area contributed by atoms with Crippen LogP contribution >= 0.6 is 0 Å². The summed E-state index contributed by atoms with van der Waals surface area (Å²) < 4.78 is 5.40. The second-order valence-electron chi connectivity index (χ2n) is 4.72. The van der Waals surface area contributed by atoms with E-state index in [0.717, 1.165) is 13.3 Å². The molecule has 1 fully saturated rings. The highest BCUT2D eigenvalue weighted by molar-refractivity contribution is 5.79. The zero-order chi connectivity index (χ0) is 13.8. The molecule has 2 amide bonds. The van der Waals surface area contributed by atoms with Crippen molar-refractivity contribution < 1.29 is 24.5 Å². The molecule has 0 aromatic rings. The molecule has 0 aliphatic carbocycles. The van der Waals surface area contributed by atoms with Crippen LogP contribution in [0.3, 0.4) is 0 Å². The fourth-order valence-corrected chi connectivity index (χ4v) is 1.61. The fourth-order valence-electron chi connectivity index (χ4n) is 1.61. The van der Waals surface area contributed by atoms with Crippen molar-refractivity contribution in [1.82, 2.24) is 10.2 Å². The fraction of sp³-hybridized carbons (Fsp3) is 0.818. The Morgan fingerprint density at radius 1 is 1.56 bits per heavy atom. The average Bonchev–Trinajstić information content (AvgIpc) is 2.50. The van der Waals surface area contributed by atoms with Gasteiger partial charge in [0, 0.05) is 19.7 Å². The van der Waals surface area contributed by atoms with Crippen LogP contribution in [0.1, 0.15) is 20.3 Å². The van der Waals surface area contributed by atoms with Crippen molar-refractivity contribution in [1.29, 1.82) is 0 Å². The Labute approximate surface area is 106 Å². The van der Waals surface area contributed by atoms with Crippen molar-refractivity contribution in [3.63, 3.8) is 0 Å². The molecular formula is C11H20N2O5. The zero-order valence-electron chi connectivity index (χ0n) is 10.7. The van der Waals surface area contributed by atoms with Crippen LogP contribution in [0, 0.1) is 0 Å². The summed E-state index contributed by atoms with van der Waals surface area (Å²) in [5.74, 6) is -1.37. The molecule has 0 radical (unpaired) electrons. The van der Waals surface area contributed by atoms with Gasteiger partial charge in [-0.15, -0.1) is 0 Å². The lowest BCUT2D eigenvalue weighted by atomic mass is 10.1. The Hall–Kier alpha value is -1.34. The molecule has 3 N–H and O–H groups in total. The Balaban J connectivity index is 2.47. The number of ether oxygens (including phenoxy) is 1. The van der Waals surface area contributed by atoms with Gasteiger partial charge in [0.25, 0.3) is 0 Å². The van der Waals surface area contributed by atoms with E-state index in [4.69, 9.17) is 9.84 Å². The number of aliphatic hydroxyl groups is 1. The van der Waals surface area contributed by atoms with Crippen molar-refractivity contribution >= 4 is 12.0 Å². The second-order valence-corrected chi connectivity index (χ2v) is 4.72. The van der Waals surface area contributed by atoms with E-state index in [2.05, 4.69) is 5.32 Å². The van der Waals surface area contributed by atoms with Gasteiger partial charge in [0.2, 0.25) is 0 Å². The van der Waals surface area contributed by atoms with Gasteiger partial charge in [0.05, 0.1) is 12.6 Å². The number of hydrogen-bond donors (Lipinski definition) is 3. The normalized spacial score (nSPS) is 23.9. The van der Waals surface area contributed by atoms with Crippen LogP contribution in [-0.4, -0.2) is 65.1 Å². The number of amides is 2. The Kier molecular flexibility index (Phi) is 4.92. The van der Waals surface area contributed by atoms with E-state index < -0.39 is 11.6 Å². The largest absolute Gasteiger partial charge is 0.479 e. The first-order valence-corrected chi connectivity index (χ1v) is 5.93. The third-order valence-corrected chi connectivity index (χ3v) is 2.78. The Morgan fingerprint density at radius 3 is 2.83 bits per heavy atom. The van der Waals surface area contributed by atoms with E-state index in [1.54, 1.807) is 4.90 Å². The minimum atomic E-state index is -1.95. The van der Waals surface area contributed by atoms with E-state index in [9.17, 15) is 14.7 Å². The molecule has 2 atom stereocenters. The summed E-state index contributed by atoms with van der Waals surface area (Å²) >= 11 is 0. The molecule has 18 heavy (non-hydrogen) atoms. The predicted molar refractivity (Wildman–Crippen MR) is 63.3 cm³/mol. The predicted octanol–water partition coefficient (Wildman–Crippen LogP) is -0.358. The summed E-state index contributed by atoms with van der Waals surface area (Å²) in [6.45, 7) is 4.32. The first-order chi connectivity index (χ1) is 8.33. The highest BCUT2D eigenvalue weighted by atomic mass is 16.5. The molecule has 2 unspecified atom stereocenters. The van der Waals surface area contributed by atoms with Crippen LogP contribution in [0.2, 0.25) is 0 Å². The minimum absolute atomic E-state index is 0.0433. The topological polar surface area (TPSA) is 99.1 Å². The van der Waals surface area contributed by atoms with Gasteiger partial charge in [-0.2, -0.15) is 0 Å². The smallest absolute Gasteiger partial charge is 0.337 e. The summed E-state index contributed by atoms with van der Waals surface area (Å²) in [5, 5.41) is 20.6. The molecular weight excluding hydrogens is 240 g/mol. The van der Waals surface area contributed by atoms with Crippen molar-refractivity contribution in [3.8, 4) is 0 Å². The SMILES string of the molecule is CC1CN(C(=O)NCC(C)(O)C(=O)O)CCCO1. The van der Waals surface area contributed by atoms with E-state index in [-0.39, 0.29) is 18.7 Å². The number of urea groups is 1. The number of carboxylic acid groups (broad SMARTS) is 1. The number of nitrogens with one attached hydrogen (secondary N) is 1. The number of carboxylic acids is 1. The van der Waals surface area contributed by atoms with E-state index in [1.165, 1.54) is 0 Å². The minimum Gasteiger partial charge on any atom is -0.479 e. The summed E-state index contributed by atoms with van der Waals surface area (Å²) in [6, 6.07) is -0.381. The van der Waals surface area contributed by atoms with Gasteiger partial charge in [0.15, 0.2) is 5.60 Å². The molecule has 0 spiro atoms. The molecule has 0 aromatic heterocycles. The summed E-state index contributed by atoms with van der Waals surface area (Å²) in [4.78, 5) is 24.1. The first kappa shape index (κ1) is 14.7. The molecule has 0 aromatic carbocycles. The van der Waals surface area contributed by atoms with Gasteiger partial charge in [-0.3, -0.25) is 0 Å². The second kappa shape index (κ2) is 6.01. The monoisotopic (exact) mass is 260 g/mol. The van der Waals surface area contributed by atoms with Gasteiger partial charge in [0.1, 0.15) is 0 Å². The molecule has 104 valence electrons. The van der Waals surface area contributed by atoms with Crippen molar-refractivity contribution in [2.45, 2.75) is 32.0 Å². The average molecular weight is 260 g/mol. The molecule has 7 nitrogen and oxygen atoms in total. The standard InChI is InChI=1S/C11H20N2O5/c1-8-6-13(4-3-5-18-8)10(16)12-7-11(2,17)9(14)15/h8,17H,3-7H2,1-2H3,(H,12,16)(H,14,15). The van der Waals surface area contributed by atoms with Crippen LogP contribution in [0.25, 0.3) is 0 Å². The van der Waals surface area contributed by atoms with Crippen LogP contribution in [0.4, 0.5) is 4.79 Å². The highest BCUT2D eigenvalue weighted by Crippen LogP contribution is 2.06. The van der Waals surface area contributed by atoms with Crippen molar-refractivity contribution in [2.75, 3.05) is 26.2 Å². The van der Waals surface area contributed by atoms with Crippen LogP contribution in [0.15, 0.2) is 0 Å². The maximum Gasteiger partial charge on any atom is 0.337 e. The van der Waals surface area contributed by atoms with Gasteiger partial charge in [-0.05, 0) is 20.3 Å². The van der Waals surface area contributed by atoms with Gasteiger partial charge >= 0.3 is 12.0 Å². The summed E-state index contributed by atoms with van der Waals surface area (Å²) in [5.41, 5.74) is -1.95. The molecule has 1 rings (SSSR count).